The zero-order chi connectivity index (χ0) is 20.4. The third-order valence-electron chi connectivity index (χ3n) is 4.61. The summed E-state index contributed by atoms with van der Waals surface area (Å²) < 4.78 is 15.1. The lowest BCUT2D eigenvalue weighted by Crippen LogP contribution is -2.42. The van der Waals surface area contributed by atoms with Gasteiger partial charge in [0, 0.05) is 13.0 Å². The van der Waals surface area contributed by atoms with Crippen LogP contribution in [0.15, 0.2) is 33.9 Å². The van der Waals surface area contributed by atoms with Gasteiger partial charge in [0.2, 0.25) is 11.8 Å². The van der Waals surface area contributed by atoms with Gasteiger partial charge in [0.15, 0.2) is 0 Å². The van der Waals surface area contributed by atoms with Crippen LogP contribution in [0.4, 0.5) is 15.9 Å². The largest absolute Gasteiger partial charge is 0.329 e. The summed E-state index contributed by atoms with van der Waals surface area (Å²) in [7, 11) is 0. The lowest BCUT2D eigenvalue weighted by atomic mass is 9.92. The number of aromatic amines is 1. The fourth-order valence-electron chi connectivity index (χ4n) is 3.12. The summed E-state index contributed by atoms with van der Waals surface area (Å²) in [6, 6.07) is 5.60. The first-order valence-electron chi connectivity index (χ1n) is 9.00. The van der Waals surface area contributed by atoms with E-state index in [0.29, 0.717) is 6.42 Å². The highest BCUT2D eigenvalue weighted by Crippen LogP contribution is 2.30. The Morgan fingerprint density at radius 1 is 1.29 bits per heavy atom. The molecule has 3 N–H and O–H groups in total. The fraction of sp³-hybridized carbons (Fsp3) is 0.368. The van der Waals surface area contributed by atoms with Gasteiger partial charge >= 0.3 is 5.69 Å². The number of hydrogen-bond donors (Lipinski definition) is 3. The number of amides is 2. The molecule has 1 atom stereocenters. The predicted octanol–water partition coefficient (Wildman–Crippen LogP) is 1.79. The van der Waals surface area contributed by atoms with E-state index in [2.05, 4.69) is 15.6 Å². The van der Waals surface area contributed by atoms with Crippen LogP contribution in [0.3, 0.4) is 0 Å². The molecular formula is C19H21FN4O4. The Labute approximate surface area is 159 Å². The maximum atomic E-state index is 13.9. The molecule has 2 heterocycles. The molecule has 0 radical (unpaired) electrons. The van der Waals surface area contributed by atoms with Crippen LogP contribution in [0.1, 0.15) is 38.2 Å². The zero-order valence-electron chi connectivity index (χ0n) is 15.5. The molecule has 1 aliphatic rings. The van der Waals surface area contributed by atoms with E-state index in [0.717, 1.165) is 0 Å². The number of nitrogens with one attached hydrogen (secondary N) is 3. The van der Waals surface area contributed by atoms with E-state index in [1.54, 1.807) is 6.07 Å². The molecule has 1 aliphatic heterocycles. The third-order valence-corrected chi connectivity index (χ3v) is 4.61. The van der Waals surface area contributed by atoms with Crippen LogP contribution in [0.25, 0.3) is 0 Å². The number of fused-ring (bicyclic) bond motifs is 1. The normalized spacial score (nSPS) is 15.9. The van der Waals surface area contributed by atoms with Crippen molar-refractivity contribution in [1.29, 1.82) is 0 Å². The maximum Gasteiger partial charge on any atom is 0.329 e. The molecule has 9 heteroatoms. The Bertz CT molecular complexity index is 1040. The number of carbonyl (C=O) groups is 2. The molecule has 3 rings (SSSR count). The number of anilines is 2. The van der Waals surface area contributed by atoms with E-state index in [1.807, 2.05) is 13.8 Å². The van der Waals surface area contributed by atoms with Crippen LogP contribution in [-0.2, 0) is 16.1 Å². The van der Waals surface area contributed by atoms with Crippen molar-refractivity contribution in [2.75, 3.05) is 10.6 Å². The molecule has 0 fully saturated rings. The van der Waals surface area contributed by atoms with Crippen LogP contribution in [-0.4, -0.2) is 21.4 Å². The highest BCUT2D eigenvalue weighted by molar-refractivity contribution is 6.04. The van der Waals surface area contributed by atoms with Crippen molar-refractivity contribution >= 4 is 23.3 Å². The van der Waals surface area contributed by atoms with Crippen molar-refractivity contribution in [3.63, 3.8) is 0 Å². The highest BCUT2D eigenvalue weighted by atomic mass is 19.1. The van der Waals surface area contributed by atoms with Crippen molar-refractivity contribution in [2.24, 2.45) is 5.92 Å². The van der Waals surface area contributed by atoms with Gasteiger partial charge in [0.25, 0.3) is 5.56 Å². The molecule has 2 aromatic rings. The first-order chi connectivity index (χ1) is 13.3. The topological polar surface area (TPSA) is 113 Å². The van der Waals surface area contributed by atoms with Gasteiger partial charge in [0.1, 0.15) is 11.6 Å². The molecular weight excluding hydrogens is 367 g/mol. The van der Waals surface area contributed by atoms with Crippen LogP contribution in [0.5, 0.6) is 0 Å². The number of H-pyrrole nitrogens is 1. The molecule has 1 aromatic carbocycles. The lowest BCUT2D eigenvalue weighted by Gasteiger charge is -2.26. The van der Waals surface area contributed by atoms with E-state index in [9.17, 15) is 23.6 Å². The average Bonchev–Trinajstić information content (AvgIpc) is 2.62. The molecule has 0 saturated heterocycles. The minimum Gasteiger partial charge on any atom is -0.323 e. The quantitative estimate of drug-likeness (QED) is 0.725. The number of rotatable bonds is 5. The van der Waals surface area contributed by atoms with Crippen LogP contribution in [0, 0.1) is 11.7 Å². The number of aromatic nitrogens is 2. The number of para-hydroxylation sites is 1. The zero-order valence-corrected chi connectivity index (χ0v) is 15.5. The van der Waals surface area contributed by atoms with Crippen LogP contribution >= 0.6 is 0 Å². The number of carbonyl (C=O) groups excluding carboxylic acids is 2. The van der Waals surface area contributed by atoms with Gasteiger partial charge in [-0.1, -0.05) is 26.0 Å². The summed E-state index contributed by atoms with van der Waals surface area (Å²) in [5, 5.41) is 4.96. The van der Waals surface area contributed by atoms with E-state index in [1.165, 1.54) is 22.8 Å². The van der Waals surface area contributed by atoms with E-state index >= 15 is 0 Å². The van der Waals surface area contributed by atoms with E-state index < -0.39 is 34.8 Å². The summed E-state index contributed by atoms with van der Waals surface area (Å²) >= 11 is 0. The summed E-state index contributed by atoms with van der Waals surface area (Å²) in [5.74, 6) is -2.65. The summed E-state index contributed by atoms with van der Waals surface area (Å²) in [4.78, 5) is 51.8. The molecule has 0 aliphatic carbocycles. The minimum absolute atomic E-state index is 0.00297. The Morgan fingerprint density at radius 2 is 2.00 bits per heavy atom. The average molecular weight is 388 g/mol. The molecule has 8 nitrogen and oxygen atoms in total. The second-order valence-corrected chi connectivity index (χ2v) is 7.13. The number of benzene rings is 1. The predicted molar refractivity (Wildman–Crippen MR) is 102 cm³/mol. The van der Waals surface area contributed by atoms with Gasteiger partial charge in [-0.25, -0.2) is 9.18 Å². The van der Waals surface area contributed by atoms with Crippen molar-refractivity contribution < 1.29 is 14.0 Å². The maximum absolute atomic E-state index is 13.9. The fourth-order valence-corrected chi connectivity index (χ4v) is 3.12. The number of nitrogens with zero attached hydrogens (tertiary/aromatic N) is 1. The second-order valence-electron chi connectivity index (χ2n) is 7.13. The van der Waals surface area contributed by atoms with Crippen molar-refractivity contribution in [1.82, 2.24) is 9.55 Å². The summed E-state index contributed by atoms with van der Waals surface area (Å²) in [6.07, 6.45) is 0.360. The molecule has 0 saturated carbocycles. The summed E-state index contributed by atoms with van der Waals surface area (Å²) in [6.45, 7) is 4.23. The van der Waals surface area contributed by atoms with Crippen molar-refractivity contribution in [3.05, 3.63) is 56.5 Å². The number of halogens is 1. The van der Waals surface area contributed by atoms with Crippen LogP contribution in [0.2, 0.25) is 0 Å². The Kier molecular flexibility index (Phi) is 5.43. The number of hydrogen-bond acceptors (Lipinski definition) is 4. The van der Waals surface area contributed by atoms with E-state index in [4.69, 9.17) is 0 Å². The minimum atomic E-state index is -1.14. The molecule has 0 unspecified atom stereocenters. The molecule has 148 valence electrons. The SMILES string of the molecule is CC(C)CCn1c2c(c(=O)[nH]c1=O)[C@H](C(=O)Nc1ccccc1F)CC(=O)N2. The van der Waals surface area contributed by atoms with Crippen LogP contribution < -0.4 is 21.9 Å². The second kappa shape index (κ2) is 7.79. The van der Waals surface area contributed by atoms with Gasteiger partial charge < -0.3 is 10.6 Å². The van der Waals surface area contributed by atoms with Crippen molar-refractivity contribution in [3.8, 4) is 0 Å². The van der Waals surface area contributed by atoms with Gasteiger partial charge in [0.05, 0.1) is 17.2 Å². The van der Waals surface area contributed by atoms with Gasteiger partial charge in [-0.2, -0.15) is 0 Å². The van der Waals surface area contributed by atoms with Gasteiger partial charge in [-0.3, -0.25) is 23.9 Å². The van der Waals surface area contributed by atoms with Gasteiger partial charge in [-0.15, -0.1) is 0 Å². The van der Waals surface area contributed by atoms with E-state index in [-0.39, 0.29) is 36.0 Å². The standard InChI is InChI=1S/C19H21FN4O4/c1-10(2)7-8-24-16-15(18(27)23-19(24)28)11(9-14(25)22-16)17(26)21-13-6-4-3-5-12(13)20/h3-6,10-11H,7-9H2,1-2H3,(H,21,26)(H,22,25)(H,23,27,28)/t11-/m1/s1. The molecule has 0 bridgehead atoms. The first kappa shape index (κ1) is 19.5. The van der Waals surface area contributed by atoms with Crippen molar-refractivity contribution in [2.45, 2.75) is 39.2 Å². The molecule has 2 amide bonds. The Hall–Kier alpha value is -3.23. The monoisotopic (exact) mass is 388 g/mol. The third kappa shape index (κ3) is 3.88. The molecule has 28 heavy (non-hydrogen) atoms. The lowest BCUT2D eigenvalue weighted by molar-refractivity contribution is -0.123. The smallest absolute Gasteiger partial charge is 0.323 e. The highest BCUT2D eigenvalue weighted by Gasteiger charge is 2.35. The Balaban J connectivity index is 2.03. The Morgan fingerprint density at radius 3 is 2.68 bits per heavy atom. The van der Waals surface area contributed by atoms with Gasteiger partial charge in [-0.05, 0) is 24.5 Å². The first-order valence-corrected chi connectivity index (χ1v) is 9.00. The molecule has 0 spiro atoms. The molecule has 1 aromatic heterocycles. The summed E-state index contributed by atoms with van der Waals surface area (Å²) in [5.41, 5.74) is -1.45.